The number of rotatable bonds is 4. The summed E-state index contributed by atoms with van der Waals surface area (Å²) in [7, 11) is 0. The topological polar surface area (TPSA) is 113 Å². The van der Waals surface area contributed by atoms with Gasteiger partial charge in [-0.1, -0.05) is 6.07 Å². The van der Waals surface area contributed by atoms with Gasteiger partial charge in [0.05, 0.1) is 24.1 Å². The molecule has 9 nitrogen and oxygen atoms in total. The van der Waals surface area contributed by atoms with Crippen molar-refractivity contribution in [3.8, 4) is 28.3 Å². The van der Waals surface area contributed by atoms with Gasteiger partial charge in [0.15, 0.2) is 5.65 Å². The van der Waals surface area contributed by atoms with Crippen molar-refractivity contribution in [2.45, 2.75) is 57.4 Å². The minimum absolute atomic E-state index is 0.0347. The molecular formula is C24H27FN8O. The van der Waals surface area contributed by atoms with E-state index in [-0.39, 0.29) is 17.2 Å². The smallest absolute Gasteiger partial charge is 0.243 e. The number of aromatic nitrogens is 6. The molecule has 5 rings (SSSR count). The predicted molar refractivity (Wildman–Crippen MR) is 127 cm³/mol. The monoisotopic (exact) mass is 462 g/mol. The number of benzene rings is 1. The lowest BCUT2D eigenvalue weighted by molar-refractivity contribution is 0.0654. The van der Waals surface area contributed by atoms with Gasteiger partial charge in [0.25, 0.3) is 0 Å². The van der Waals surface area contributed by atoms with E-state index in [0.717, 1.165) is 11.2 Å². The zero-order chi connectivity index (χ0) is 24.1. The number of aromatic hydroxyl groups is 1. The van der Waals surface area contributed by atoms with Crippen molar-refractivity contribution in [3.63, 3.8) is 0 Å². The Morgan fingerprint density at radius 1 is 1.09 bits per heavy atom. The van der Waals surface area contributed by atoms with Crippen molar-refractivity contribution in [1.82, 2.24) is 34.9 Å². The number of hydrogen-bond acceptors (Lipinski definition) is 8. The second-order valence-electron chi connectivity index (χ2n) is 9.95. The van der Waals surface area contributed by atoms with Crippen molar-refractivity contribution in [1.29, 1.82) is 0 Å². The first-order valence-electron chi connectivity index (χ1n) is 11.1. The number of piperidine rings is 1. The molecule has 1 aliphatic heterocycles. The number of halogens is 1. The number of anilines is 1. The molecule has 4 heterocycles. The van der Waals surface area contributed by atoms with E-state index in [2.05, 4.69) is 35.8 Å². The molecule has 0 spiro atoms. The highest BCUT2D eigenvalue weighted by molar-refractivity contribution is 5.72. The average Bonchev–Trinajstić information content (AvgIpc) is 3.25. The van der Waals surface area contributed by atoms with E-state index in [1.54, 1.807) is 24.5 Å². The Morgan fingerprint density at radius 3 is 2.65 bits per heavy atom. The van der Waals surface area contributed by atoms with Gasteiger partial charge in [0.2, 0.25) is 5.95 Å². The number of alkyl halides is 1. The fourth-order valence-corrected chi connectivity index (χ4v) is 4.79. The standard InChI is InChI=1S/C24H27FN8O/c1-23(2)10-16(21(25)24(3,4)32-23)29-22-28-11-17(30-31-22)15-6-5-14(9-19(15)34)18-13-33-8-7-26-20(33)12-27-18/h5-9,11-13,16,21,32,34H,10H2,1-4H3,(H,28,29,31)/t16?,21-/m0/s1. The summed E-state index contributed by atoms with van der Waals surface area (Å²) in [4.78, 5) is 12.9. The minimum atomic E-state index is -1.13. The normalized spacial score (nSPS) is 21.4. The van der Waals surface area contributed by atoms with Crippen LogP contribution in [0.1, 0.15) is 34.1 Å². The van der Waals surface area contributed by atoms with Crippen LogP contribution in [0.5, 0.6) is 5.75 Å². The lowest BCUT2D eigenvalue weighted by Crippen LogP contribution is -2.67. The number of nitrogens with zero attached hydrogens (tertiary/aromatic N) is 6. The van der Waals surface area contributed by atoms with Crippen LogP contribution in [0.15, 0.2) is 49.2 Å². The van der Waals surface area contributed by atoms with Gasteiger partial charge in [-0.25, -0.2) is 14.4 Å². The zero-order valence-electron chi connectivity index (χ0n) is 19.5. The summed E-state index contributed by atoms with van der Waals surface area (Å²) in [5, 5.41) is 25.4. The van der Waals surface area contributed by atoms with Crippen molar-refractivity contribution in [2.24, 2.45) is 0 Å². The third kappa shape index (κ3) is 4.16. The van der Waals surface area contributed by atoms with E-state index >= 15 is 4.39 Å². The Labute approximate surface area is 196 Å². The summed E-state index contributed by atoms with van der Waals surface area (Å²) in [5.74, 6) is 0.284. The first-order valence-corrected chi connectivity index (χ1v) is 11.1. The first kappa shape index (κ1) is 22.1. The van der Waals surface area contributed by atoms with Gasteiger partial charge in [-0.15, -0.1) is 10.2 Å². The van der Waals surface area contributed by atoms with Gasteiger partial charge in [0, 0.05) is 40.8 Å². The van der Waals surface area contributed by atoms with Gasteiger partial charge < -0.3 is 20.1 Å². The van der Waals surface area contributed by atoms with E-state index < -0.39 is 17.8 Å². The quantitative estimate of drug-likeness (QED) is 0.421. The molecule has 10 heteroatoms. The molecule has 3 aromatic heterocycles. The summed E-state index contributed by atoms with van der Waals surface area (Å²) in [6, 6.07) is 4.77. The zero-order valence-corrected chi connectivity index (χ0v) is 19.5. The summed E-state index contributed by atoms with van der Waals surface area (Å²) in [5.41, 5.74) is 2.18. The Kier molecular flexibility index (Phi) is 5.20. The molecule has 3 N–H and O–H groups in total. The Hall–Kier alpha value is -3.66. The number of phenolic OH excluding ortho intramolecular Hbond substituents is 1. The van der Waals surface area contributed by atoms with Crippen LogP contribution in [0.25, 0.3) is 28.2 Å². The number of hydrogen-bond donors (Lipinski definition) is 3. The highest BCUT2D eigenvalue weighted by atomic mass is 19.1. The lowest BCUT2D eigenvalue weighted by atomic mass is 9.78. The minimum Gasteiger partial charge on any atom is -0.507 e. The third-order valence-corrected chi connectivity index (χ3v) is 6.16. The Balaban J connectivity index is 1.35. The van der Waals surface area contributed by atoms with E-state index in [1.165, 1.54) is 6.20 Å². The molecule has 0 bridgehead atoms. The van der Waals surface area contributed by atoms with Gasteiger partial charge in [-0.05, 0) is 46.2 Å². The fraction of sp³-hybridized carbons (Fsp3) is 0.375. The summed E-state index contributed by atoms with van der Waals surface area (Å²) in [6.45, 7) is 7.80. The Bertz CT molecular complexity index is 1330. The molecular weight excluding hydrogens is 435 g/mol. The second kappa shape index (κ2) is 7.98. The van der Waals surface area contributed by atoms with Crippen molar-refractivity contribution < 1.29 is 9.50 Å². The second-order valence-corrected chi connectivity index (χ2v) is 9.95. The summed E-state index contributed by atoms with van der Waals surface area (Å²) >= 11 is 0. The average molecular weight is 463 g/mol. The van der Waals surface area contributed by atoms with E-state index in [1.807, 2.05) is 50.6 Å². The van der Waals surface area contributed by atoms with E-state index in [0.29, 0.717) is 23.4 Å². The van der Waals surface area contributed by atoms with Crippen molar-refractivity contribution in [2.75, 3.05) is 5.32 Å². The number of imidazole rings is 1. The first-order chi connectivity index (χ1) is 16.1. The molecule has 176 valence electrons. The third-order valence-electron chi connectivity index (χ3n) is 6.16. The van der Waals surface area contributed by atoms with Crippen LogP contribution in [-0.4, -0.2) is 57.9 Å². The Morgan fingerprint density at radius 2 is 1.91 bits per heavy atom. The summed E-state index contributed by atoms with van der Waals surface area (Å²) < 4.78 is 16.9. The molecule has 2 atom stereocenters. The largest absolute Gasteiger partial charge is 0.507 e. The molecule has 0 aliphatic carbocycles. The van der Waals surface area contributed by atoms with Gasteiger partial charge >= 0.3 is 0 Å². The predicted octanol–water partition coefficient (Wildman–Crippen LogP) is 3.62. The molecule has 0 saturated carbocycles. The number of fused-ring (bicyclic) bond motifs is 1. The van der Waals surface area contributed by atoms with Crippen LogP contribution >= 0.6 is 0 Å². The van der Waals surface area contributed by atoms with E-state index in [4.69, 9.17) is 0 Å². The maximum atomic E-state index is 15.1. The van der Waals surface area contributed by atoms with Crippen LogP contribution in [-0.2, 0) is 0 Å². The SMILES string of the molecule is CC1(C)CC(Nc2ncc(-c3ccc(-c4cn5ccnc5cn4)cc3O)nn2)[C@H](F)C(C)(C)N1. The molecule has 1 aromatic carbocycles. The van der Waals surface area contributed by atoms with Crippen LogP contribution in [0.3, 0.4) is 0 Å². The molecule has 1 fully saturated rings. The molecule has 34 heavy (non-hydrogen) atoms. The van der Waals surface area contributed by atoms with Gasteiger partial charge in [0.1, 0.15) is 17.6 Å². The lowest BCUT2D eigenvalue weighted by Gasteiger charge is -2.48. The van der Waals surface area contributed by atoms with Crippen molar-refractivity contribution in [3.05, 3.63) is 49.2 Å². The summed E-state index contributed by atoms with van der Waals surface area (Å²) in [6.07, 6.45) is 8.02. The maximum absolute atomic E-state index is 15.1. The molecule has 1 unspecified atom stereocenters. The van der Waals surface area contributed by atoms with Crippen LogP contribution in [0.4, 0.5) is 10.3 Å². The van der Waals surface area contributed by atoms with Gasteiger partial charge in [-0.3, -0.25) is 4.98 Å². The van der Waals surface area contributed by atoms with Crippen LogP contribution in [0, 0.1) is 0 Å². The highest BCUT2D eigenvalue weighted by Gasteiger charge is 2.46. The molecule has 1 aliphatic rings. The van der Waals surface area contributed by atoms with Crippen LogP contribution in [0.2, 0.25) is 0 Å². The van der Waals surface area contributed by atoms with Crippen molar-refractivity contribution >= 4 is 11.6 Å². The number of phenols is 1. The maximum Gasteiger partial charge on any atom is 0.243 e. The molecule has 1 saturated heterocycles. The van der Waals surface area contributed by atoms with Crippen LogP contribution < -0.4 is 10.6 Å². The molecule has 0 radical (unpaired) electrons. The van der Waals surface area contributed by atoms with Gasteiger partial charge in [-0.2, -0.15) is 0 Å². The highest BCUT2D eigenvalue weighted by Crippen LogP contribution is 2.34. The number of nitrogens with one attached hydrogen (secondary N) is 2. The molecule has 0 amide bonds. The van der Waals surface area contributed by atoms with E-state index in [9.17, 15) is 5.11 Å². The fourth-order valence-electron chi connectivity index (χ4n) is 4.79. The molecule has 4 aromatic rings.